The molecular weight excluding hydrogens is 285 g/mol. The van der Waals surface area contributed by atoms with Crippen LogP contribution in [0.25, 0.3) is 6.08 Å². The number of esters is 1. The monoisotopic (exact) mass is 300 g/mol. The van der Waals surface area contributed by atoms with Crippen molar-refractivity contribution in [3.8, 4) is 0 Å². The summed E-state index contributed by atoms with van der Waals surface area (Å²) in [6.45, 7) is 1.24. The van der Waals surface area contributed by atoms with Crippen LogP contribution >= 0.6 is 0 Å². The first-order valence-electron chi connectivity index (χ1n) is 6.34. The molecule has 6 heteroatoms. The van der Waals surface area contributed by atoms with Crippen LogP contribution in [0.4, 0.5) is 13.2 Å². The second kappa shape index (κ2) is 7.61. The molecular formula is C15H15F3O3. The standard InChI is InChI=1S/C15H15F3O3/c1-2-21-14(20)13(15(16,17)18)10-12(19)9-8-11-6-4-3-5-7-11/h3-9,13H,2,10H2,1H3. The molecule has 0 saturated heterocycles. The predicted molar refractivity (Wildman–Crippen MR) is 71.3 cm³/mol. The summed E-state index contributed by atoms with van der Waals surface area (Å²) in [7, 11) is 0. The van der Waals surface area contributed by atoms with E-state index >= 15 is 0 Å². The number of benzene rings is 1. The second-order valence-corrected chi connectivity index (χ2v) is 4.26. The molecule has 114 valence electrons. The maximum absolute atomic E-state index is 12.7. The molecule has 0 saturated carbocycles. The highest BCUT2D eigenvalue weighted by Crippen LogP contribution is 2.30. The van der Waals surface area contributed by atoms with Crippen molar-refractivity contribution in [1.29, 1.82) is 0 Å². The predicted octanol–water partition coefficient (Wildman–Crippen LogP) is 3.40. The number of carbonyl (C=O) groups is 2. The van der Waals surface area contributed by atoms with Crippen molar-refractivity contribution in [1.82, 2.24) is 0 Å². The largest absolute Gasteiger partial charge is 0.466 e. The van der Waals surface area contributed by atoms with Crippen LogP contribution in [-0.2, 0) is 14.3 Å². The third-order valence-corrected chi connectivity index (χ3v) is 2.63. The first-order valence-corrected chi connectivity index (χ1v) is 6.34. The van der Waals surface area contributed by atoms with Gasteiger partial charge in [0.25, 0.3) is 0 Å². The molecule has 0 spiro atoms. The van der Waals surface area contributed by atoms with Gasteiger partial charge in [0.1, 0.15) is 0 Å². The molecule has 3 nitrogen and oxygen atoms in total. The number of allylic oxidation sites excluding steroid dienone is 1. The van der Waals surface area contributed by atoms with Gasteiger partial charge < -0.3 is 4.74 Å². The van der Waals surface area contributed by atoms with Crippen LogP contribution in [0.2, 0.25) is 0 Å². The molecule has 0 bridgehead atoms. The van der Waals surface area contributed by atoms with Crippen LogP contribution in [0.1, 0.15) is 18.9 Å². The highest BCUT2D eigenvalue weighted by atomic mass is 19.4. The summed E-state index contributed by atoms with van der Waals surface area (Å²) in [5.74, 6) is -4.63. The lowest BCUT2D eigenvalue weighted by molar-refractivity contribution is -0.198. The van der Waals surface area contributed by atoms with Crippen LogP contribution < -0.4 is 0 Å². The number of ketones is 1. The lowest BCUT2D eigenvalue weighted by Crippen LogP contribution is -2.33. The fraction of sp³-hybridized carbons (Fsp3) is 0.333. The average Bonchev–Trinajstić information content (AvgIpc) is 2.42. The summed E-state index contributed by atoms with van der Waals surface area (Å²) in [4.78, 5) is 22.9. The molecule has 0 radical (unpaired) electrons. The number of carbonyl (C=O) groups excluding carboxylic acids is 2. The Labute approximate surface area is 120 Å². The molecule has 21 heavy (non-hydrogen) atoms. The fourth-order valence-electron chi connectivity index (χ4n) is 1.60. The molecule has 0 amide bonds. The molecule has 1 aromatic rings. The van der Waals surface area contributed by atoms with Crippen molar-refractivity contribution in [2.75, 3.05) is 6.61 Å². The molecule has 1 rings (SSSR count). The van der Waals surface area contributed by atoms with Gasteiger partial charge in [0, 0.05) is 6.42 Å². The SMILES string of the molecule is CCOC(=O)C(CC(=O)C=Cc1ccccc1)C(F)(F)F. The van der Waals surface area contributed by atoms with Gasteiger partial charge in [0.2, 0.25) is 0 Å². The lowest BCUT2D eigenvalue weighted by atomic mass is 10.0. The lowest BCUT2D eigenvalue weighted by Gasteiger charge is -2.17. The van der Waals surface area contributed by atoms with Crippen molar-refractivity contribution >= 4 is 17.8 Å². The number of hydrogen-bond donors (Lipinski definition) is 0. The van der Waals surface area contributed by atoms with Crippen LogP contribution in [0.3, 0.4) is 0 Å². The number of alkyl halides is 3. The van der Waals surface area contributed by atoms with E-state index in [1.54, 1.807) is 30.3 Å². The molecule has 0 N–H and O–H groups in total. The highest BCUT2D eigenvalue weighted by Gasteiger charge is 2.46. The Hall–Kier alpha value is -2.11. The van der Waals surface area contributed by atoms with Crippen LogP contribution in [0.15, 0.2) is 36.4 Å². The third kappa shape index (κ3) is 5.81. The minimum atomic E-state index is -4.80. The zero-order valence-corrected chi connectivity index (χ0v) is 11.4. The zero-order valence-electron chi connectivity index (χ0n) is 11.4. The second-order valence-electron chi connectivity index (χ2n) is 4.26. The van der Waals surface area contributed by atoms with Gasteiger partial charge >= 0.3 is 12.1 Å². The molecule has 0 aliphatic carbocycles. The number of halogens is 3. The van der Waals surface area contributed by atoms with Crippen molar-refractivity contribution in [3.05, 3.63) is 42.0 Å². The van der Waals surface area contributed by atoms with Gasteiger partial charge in [-0.3, -0.25) is 9.59 Å². The van der Waals surface area contributed by atoms with Gasteiger partial charge in [0.15, 0.2) is 11.7 Å². The van der Waals surface area contributed by atoms with Crippen LogP contribution in [-0.4, -0.2) is 24.5 Å². The Morgan fingerprint density at radius 3 is 2.38 bits per heavy atom. The maximum Gasteiger partial charge on any atom is 0.402 e. The van der Waals surface area contributed by atoms with Crippen LogP contribution in [0, 0.1) is 5.92 Å². The van der Waals surface area contributed by atoms with E-state index in [0.717, 1.165) is 6.08 Å². The van der Waals surface area contributed by atoms with E-state index in [1.165, 1.54) is 13.0 Å². The Bertz CT molecular complexity index is 507. The molecule has 1 aromatic carbocycles. The van der Waals surface area contributed by atoms with Gasteiger partial charge in [-0.15, -0.1) is 0 Å². The van der Waals surface area contributed by atoms with E-state index in [9.17, 15) is 22.8 Å². The fourth-order valence-corrected chi connectivity index (χ4v) is 1.60. The maximum atomic E-state index is 12.7. The van der Waals surface area contributed by atoms with E-state index in [0.29, 0.717) is 5.56 Å². The first-order chi connectivity index (χ1) is 9.84. The van der Waals surface area contributed by atoms with E-state index in [1.807, 2.05) is 0 Å². The smallest absolute Gasteiger partial charge is 0.402 e. The zero-order chi connectivity index (χ0) is 15.9. The first kappa shape index (κ1) is 16.9. The quantitative estimate of drug-likeness (QED) is 0.597. The molecule has 0 fully saturated rings. The number of ether oxygens (including phenoxy) is 1. The van der Waals surface area contributed by atoms with Crippen LogP contribution in [0.5, 0.6) is 0 Å². The van der Waals surface area contributed by atoms with Crippen molar-refractivity contribution < 1.29 is 27.5 Å². The molecule has 0 heterocycles. The third-order valence-electron chi connectivity index (χ3n) is 2.63. The minimum absolute atomic E-state index is 0.167. The Kier molecular flexibility index (Phi) is 6.14. The topological polar surface area (TPSA) is 43.4 Å². The highest BCUT2D eigenvalue weighted by molar-refractivity contribution is 5.96. The van der Waals surface area contributed by atoms with E-state index < -0.39 is 30.3 Å². The van der Waals surface area contributed by atoms with Gasteiger partial charge in [-0.2, -0.15) is 13.2 Å². The normalized spacial score (nSPS) is 13.1. The summed E-state index contributed by atoms with van der Waals surface area (Å²) in [5.41, 5.74) is 0.686. The van der Waals surface area contributed by atoms with Gasteiger partial charge in [0.05, 0.1) is 6.61 Å². The summed E-state index contributed by atoms with van der Waals surface area (Å²) in [5, 5.41) is 0. The van der Waals surface area contributed by atoms with E-state index in [2.05, 4.69) is 4.74 Å². The average molecular weight is 300 g/mol. The summed E-state index contributed by atoms with van der Waals surface area (Å²) in [6.07, 6.45) is -3.32. The Balaban J connectivity index is 2.73. The molecule has 0 aliphatic rings. The van der Waals surface area contributed by atoms with Gasteiger partial charge in [-0.25, -0.2) is 0 Å². The molecule has 1 atom stereocenters. The minimum Gasteiger partial charge on any atom is -0.466 e. The van der Waals surface area contributed by atoms with Gasteiger partial charge in [-0.05, 0) is 18.6 Å². The summed E-state index contributed by atoms with van der Waals surface area (Å²) < 4.78 is 42.6. The molecule has 0 aliphatic heterocycles. The summed E-state index contributed by atoms with van der Waals surface area (Å²) >= 11 is 0. The van der Waals surface area contributed by atoms with Crippen molar-refractivity contribution in [2.45, 2.75) is 19.5 Å². The summed E-state index contributed by atoms with van der Waals surface area (Å²) in [6, 6.07) is 8.66. The van der Waals surface area contributed by atoms with E-state index in [4.69, 9.17) is 0 Å². The molecule has 1 unspecified atom stereocenters. The van der Waals surface area contributed by atoms with Crippen molar-refractivity contribution in [2.24, 2.45) is 5.92 Å². The van der Waals surface area contributed by atoms with E-state index in [-0.39, 0.29) is 6.61 Å². The molecule has 0 aromatic heterocycles. The number of rotatable bonds is 6. The van der Waals surface area contributed by atoms with Gasteiger partial charge in [-0.1, -0.05) is 36.4 Å². The number of hydrogen-bond acceptors (Lipinski definition) is 3. The Morgan fingerprint density at radius 2 is 1.86 bits per heavy atom. The Morgan fingerprint density at radius 1 is 1.24 bits per heavy atom. The van der Waals surface area contributed by atoms with Crippen molar-refractivity contribution in [3.63, 3.8) is 0 Å².